The third-order valence-electron chi connectivity index (χ3n) is 4.21. The average molecular weight is 275 g/mol. The van der Waals surface area contributed by atoms with Crippen molar-refractivity contribution in [2.45, 2.75) is 32.5 Å². The van der Waals surface area contributed by atoms with Gasteiger partial charge < -0.3 is 14.4 Å². The predicted molar refractivity (Wildman–Crippen MR) is 75.6 cm³/mol. The molecule has 0 spiro atoms. The highest BCUT2D eigenvalue weighted by Gasteiger charge is 2.33. The Balaban J connectivity index is 1.85. The second kappa shape index (κ2) is 5.19. The van der Waals surface area contributed by atoms with Gasteiger partial charge in [-0.15, -0.1) is 0 Å². The van der Waals surface area contributed by atoms with E-state index in [0.717, 1.165) is 42.6 Å². The molecule has 1 aromatic carbocycles. The second-order valence-corrected chi connectivity index (χ2v) is 5.67. The maximum absolute atomic E-state index is 12.4. The van der Waals surface area contributed by atoms with Crippen LogP contribution in [0.4, 0.5) is 0 Å². The van der Waals surface area contributed by atoms with Crippen LogP contribution >= 0.6 is 0 Å². The topological polar surface area (TPSA) is 38.8 Å². The van der Waals surface area contributed by atoms with Crippen LogP contribution in [0.15, 0.2) is 18.2 Å². The fourth-order valence-corrected chi connectivity index (χ4v) is 2.96. The molecule has 2 saturated heterocycles. The third-order valence-corrected chi connectivity index (χ3v) is 4.21. The summed E-state index contributed by atoms with van der Waals surface area (Å²) < 4.78 is 11.3. The monoisotopic (exact) mass is 275 g/mol. The van der Waals surface area contributed by atoms with E-state index in [2.05, 4.69) is 0 Å². The number of nitrogens with zero attached hydrogens (tertiary/aromatic N) is 1. The number of benzene rings is 1. The minimum absolute atomic E-state index is 0.143. The Bertz CT molecular complexity index is 514. The SMILES string of the molecule is Cc1cc(C2(C)OCCO2)ccc1C(=O)N1CCCC1. The van der Waals surface area contributed by atoms with Crippen molar-refractivity contribution in [2.75, 3.05) is 26.3 Å². The van der Waals surface area contributed by atoms with Crippen LogP contribution in [-0.2, 0) is 15.3 Å². The minimum Gasteiger partial charge on any atom is -0.344 e. The molecule has 0 bridgehead atoms. The molecule has 4 nitrogen and oxygen atoms in total. The number of hydrogen-bond acceptors (Lipinski definition) is 3. The average Bonchev–Trinajstić information content (AvgIpc) is 3.09. The molecule has 1 amide bonds. The van der Waals surface area contributed by atoms with Crippen molar-refractivity contribution >= 4 is 5.91 Å². The molecular weight excluding hydrogens is 254 g/mol. The Labute approximate surface area is 119 Å². The lowest BCUT2D eigenvalue weighted by molar-refractivity contribution is -0.149. The van der Waals surface area contributed by atoms with E-state index in [1.165, 1.54) is 0 Å². The van der Waals surface area contributed by atoms with E-state index in [1.807, 2.05) is 36.9 Å². The molecule has 2 heterocycles. The molecule has 108 valence electrons. The Morgan fingerprint density at radius 2 is 1.85 bits per heavy atom. The van der Waals surface area contributed by atoms with Gasteiger partial charge in [-0.25, -0.2) is 0 Å². The van der Waals surface area contributed by atoms with Gasteiger partial charge in [-0.2, -0.15) is 0 Å². The molecule has 0 radical (unpaired) electrons. The number of hydrogen-bond donors (Lipinski definition) is 0. The molecule has 0 unspecified atom stereocenters. The van der Waals surface area contributed by atoms with E-state index in [9.17, 15) is 4.79 Å². The lowest BCUT2D eigenvalue weighted by atomic mass is 9.99. The Kier molecular flexibility index (Phi) is 3.52. The molecule has 0 N–H and O–H groups in total. The van der Waals surface area contributed by atoms with Crippen LogP contribution in [-0.4, -0.2) is 37.1 Å². The third kappa shape index (κ3) is 2.34. The van der Waals surface area contributed by atoms with Crippen LogP contribution in [0.1, 0.15) is 41.3 Å². The highest BCUT2D eigenvalue weighted by atomic mass is 16.7. The van der Waals surface area contributed by atoms with Crippen LogP contribution in [0.2, 0.25) is 0 Å². The molecular formula is C16H21NO3. The summed E-state index contributed by atoms with van der Waals surface area (Å²) in [6, 6.07) is 5.86. The number of rotatable bonds is 2. The number of carbonyl (C=O) groups excluding carboxylic acids is 1. The fourth-order valence-electron chi connectivity index (χ4n) is 2.96. The molecule has 3 rings (SSSR count). The summed E-state index contributed by atoms with van der Waals surface area (Å²) in [5.74, 6) is -0.523. The summed E-state index contributed by atoms with van der Waals surface area (Å²) in [6.07, 6.45) is 2.23. The maximum atomic E-state index is 12.4. The van der Waals surface area contributed by atoms with Gasteiger partial charge in [0.15, 0.2) is 5.79 Å². The second-order valence-electron chi connectivity index (χ2n) is 5.67. The Morgan fingerprint density at radius 1 is 1.20 bits per heavy atom. The lowest BCUT2D eigenvalue weighted by Crippen LogP contribution is -2.29. The zero-order valence-corrected chi connectivity index (χ0v) is 12.1. The summed E-state index contributed by atoms with van der Waals surface area (Å²) in [4.78, 5) is 14.4. The van der Waals surface area contributed by atoms with E-state index in [0.29, 0.717) is 13.2 Å². The predicted octanol–water partition coefficient (Wildman–Crippen LogP) is 2.45. The summed E-state index contributed by atoms with van der Waals surface area (Å²) in [5, 5.41) is 0. The summed E-state index contributed by atoms with van der Waals surface area (Å²) >= 11 is 0. The molecule has 2 aliphatic rings. The number of likely N-dealkylation sites (tertiary alicyclic amines) is 1. The van der Waals surface area contributed by atoms with Crippen LogP contribution in [0, 0.1) is 6.92 Å². The van der Waals surface area contributed by atoms with Crippen molar-refractivity contribution in [3.63, 3.8) is 0 Å². The van der Waals surface area contributed by atoms with Crippen molar-refractivity contribution in [3.05, 3.63) is 34.9 Å². The first-order valence-electron chi connectivity index (χ1n) is 7.28. The van der Waals surface area contributed by atoms with Gasteiger partial charge in [0.05, 0.1) is 13.2 Å². The van der Waals surface area contributed by atoms with Gasteiger partial charge in [0.25, 0.3) is 5.91 Å². The zero-order valence-electron chi connectivity index (χ0n) is 12.1. The van der Waals surface area contributed by atoms with Crippen LogP contribution in [0.3, 0.4) is 0 Å². The van der Waals surface area contributed by atoms with E-state index < -0.39 is 5.79 Å². The summed E-state index contributed by atoms with van der Waals surface area (Å²) in [7, 11) is 0. The zero-order chi connectivity index (χ0) is 14.2. The quantitative estimate of drug-likeness (QED) is 0.832. The smallest absolute Gasteiger partial charge is 0.254 e. The Hall–Kier alpha value is -1.39. The molecule has 0 aromatic heterocycles. The van der Waals surface area contributed by atoms with Gasteiger partial charge in [0, 0.05) is 24.2 Å². The highest BCUT2D eigenvalue weighted by Crippen LogP contribution is 2.32. The highest BCUT2D eigenvalue weighted by molar-refractivity contribution is 5.95. The Morgan fingerprint density at radius 3 is 2.45 bits per heavy atom. The maximum Gasteiger partial charge on any atom is 0.254 e. The molecule has 2 aliphatic heterocycles. The summed E-state index contributed by atoms with van der Waals surface area (Å²) in [6.45, 7) is 6.89. The van der Waals surface area contributed by atoms with Crippen LogP contribution < -0.4 is 0 Å². The van der Waals surface area contributed by atoms with E-state index in [1.54, 1.807) is 0 Å². The van der Waals surface area contributed by atoms with E-state index in [-0.39, 0.29) is 5.91 Å². The summed E-state index contributed by atoms with van der Waals surface area (Å²) in [5.41, 5.74) is 2.75. The van der Waals surface area contributed by atoms with Gasteiger partial charge in [-0.3, -0.25) is 4.79 Å². The van der Waals surface area contributed by atoms with Gasteiger partial charge in [-0.05, 0) is 44.4 Å². The van der Waals surface area contributed by atoms with Gasteiger partial charge in [0.2, 0.25) is 0 Å². The molecule has 0 atom stereocenters. The van der Waals surface area contributed by atoms with Gasteiger partial charge in [-0.1, -0.05) is 6.07 Å². The molecule has 0 saturated carbocycles. The van der Waals surface area contributed by atoms with Crippen molar-refractivity contribution in [1.29, 1.82) is 0 Å². The first kappa shape index (κ1) is 13.6. The van der Waals surface area contributed by atoms with Crippen molar-refractivity contribution in [1.82, 2.24) is 4.90 Å². The molecule has 20 heavy (non-hydrogen) atoms. The molecule has 2 fully saturated rings. The fraction of sp³-hybridized carbons (Fsp3) is 0.562. The van der Waals surface area contributed by atoms with Crippen molar-refractivity contribution < 1.29 is 14.3 Å². The number of ether oxygens (including phenoxy) is 2. The van der Waals surface area contributed by atoms with Crippen molar-refractivity contribution in [3.8, 4) is 0 Å². The lowest BCUT2D eigenvalue weighted by Gasteiger charge is -2.24. The van der Waals surface area contributed by atoms with Crippen LogP contribution in [0.5, 0.6) is 0 Å². The van der Waals surface area contributed by atoms with E-state index >= 15 is 0 Å². The van der Waals surface area contributed by atoms with Crippen LogP contribution in [0.25, 0.3) is 0 Å². The van der Waals surface area contributed by atoms with Crippen molar-refractivity contribution in [2.24, 2.45) is 0 Å². The molecule has 1 aromatic rings. The first-order valence-corrected chi connectivity index (χ1v) is 7.28. The largest absolute Gasteiger partial charge is 0.344 e. The molecule has 0 aliphatic carbocycles. The standard InChI is InChI=1S/C16H21NO3/c1-12-11-13(16(2)19-9-10-20-16)5-6-14(12)15(18)17-7-3-4-8-17/h5-6,11H,3-4,7-10H2,1-2H3. The number of amides is 1. The first-order chi connectivity index (χ1) is 9.60. The van der Waals surface area contributed by atoms with Gasteiger partial charge >= 0.3 is 0 Å². The van der Waals surface area contributed by atoms with E-state index in [4.69, 9.17) is 9.47 Å². The molecule has 4 heteroatoms. The number of carbonyl (C=O) groups is 1. The minimum atomic E-state index is -0.667. The normalized spacial score (nSPS) is 21.4. The van der Waals surface area contributed by atoms with Gasteiger partial charge in [0.1, 0.15) is 0 Å². The number of aryl methyl sites for hydroxylation is 1.